The molecule has 198 valence electrons. The summed E-state index contributed by atoms with van der Waals surface area (Å²) in [6.07, 6.45) is 3.99. The third-order valence-corrected chi connectivity index (χ3v) is 7.62. The normalized spacial score (nSPS) is 10.9. The second-order valence-corrected chi connectivity index (χ2v) is 10.3. The summed E-state index contributed by atoms with van der Waals surface area (Å²) in [5, 5.41) is 0. The summed E-state index contributed by atoms with van der Waals surface area (Å²) in [6, 6.07) is 54.9. The predicted octanol–water partition coefficient (Wildman–Crippen LogP) is 10.5. The highest BCUT2D eigenvalue weighted by Gasteiger charge is 2.13. The van der Waals surface area contributed by atoms with Crippen LogP contribution in [0, 0.1) is 0 Å². The lowest BCUT2D eigenvalue weighted by molar-refractivity contribution is 1.31. The number of pyridine rings is 2. The first-order valence-corrected chi connectivity index (χ1v) is 14.2. The summed E-state index contributed by atoms with van der Waals surface area (Å²) in [5.41, 5.74) is 13.3. The number of rotatable bonds is 6. The minimum Gasteiger partial charge on any atom is -0.256 e. The largest absolute Gasteiger partial charge is 0.256 e. The van der Waals surface area contributed by atoms with Crippen molar-refractivity contribution in [3.63, 3.8) is 0 Å². The van der Waals surface area contributed by atoms with Crippen LogP contribution in [0.25, 0.3) is 67.0 Å². The Balaban J connectivity index is 1.27. The van der Waals surface area contributed by atoms with Crippen LogP contribution in [0.15, 0.2) is 170 Å². The fourth-order valence-electron chi connectivity index (χ4n) is 5.45. The summed E-state index contributed by atoms with van der Waals surface area (Å²) in [5.74, 6) is 0. The molecule has 0 aliphatic rings. The van der Waals surface area contributed by atoms with E-state index in [2.05, 4.69) is 146 Å². The quantitative estimate of drug-likeness (QED) is 0.211. The molecule has 0 fully saturated rings. The molecule has 2 heterocycles. The van der Waals surface area contributed by atoms with Gasteiger partial charge >= 0.3 is 0 Å². The van der Waals surface area contributed by atoms with Crippen molar-refractivity contribution in [3.05, 3.63) is 170 Å². The molecule has 42 heavy (non-hydrogen) atoms. The summed E-state index contributed by atoms with van der Waals surface area (Å²) in [4.78, 5) is 9.79. The van der Waals surface area contributed by atoms with Crippen LogP contribution >= 0.6 is 0 Å². The lowest BCUT2D eigenvalue weighted by Gasteiger charge is -2.14. The van der Waals surface area contributed by atoms with Crippen molar-refractivity contribution in [2.24, 2.45) is 0 Å². The van der Waals surface area contributed by atoms with Gasteiger partial charge in [0.05, 0.1) is 11.4 Å². The zero-order valence-corrected chi connectivity index (χ0v) is 23.1. The summed E-state index contributed by atoms with van der Waals surface area (Å²) in [7, 11) is 0. The molecule has 0 aliphatic carbocycles. The highest BCUT2D eigenvalue weighted by Crippen LogP contribution is 2.36. The molecule has 0 saturated heterocycles. The fourth-order valence-corrected chi connectivity index (χ4v) is 5.45. The number of benzene rings is 5. The van der Waals surface area contributed by atoms with Crippen LogP contribution in [0.2, 0.25) is 0 Å². The standard InChI is InChI=1S/C40H28N2/c1-5-13-29(14-6-1)35-25-39(41-27-37(35)31-17-9-3-10-18-31)33-21-23-34(24-22-33)40-26-36(30-15-7-2-8-16-30)38(28-42-40)32-19-11-4-12-20-32/h1-28H. The van der Waals surface area contributed by atoms with Gasteiger partial charge in [0.25, 0.3) is 0 Å². The molecule has 0 N–H and O–H groups in total. The number of hydrogen-bond donors (Lipinski definition) is 0. The molecule has 0 saturated carbocycles. The average Bonchev–Trinajstić information content (AvgIpc) is 3.09. The second kappa shape index (κ2) is 11.5. The molecule has 0 bridgehead atoms. The minimum atomic E-state index is 0.942. The Morgan fingerprint density at radius 2 is 0.548 bits per heavy atom. The molecule has 0 aliphatic heterocycles. The van der Waals surface area contributed by atoms with Crippen LogP contribution < -0.4 is 0 Å². The Bertz CT molecular complexity index is 1790. The average molecular weight is 537 g/mol. The van der Waals surface area contributed by atoms with Crippen LogP contribution in [-0.2, 0) is 0 Å². The van der Waals surface area contributed by atoms with Crippen molar-refractivity contribution in [2.75, 3.05) is 0 Å². The van der Waals surface area contributed by atoms with Crippen LogP contribution in [0.1, 0.15) is 0 Å². The molecule has 7 aromatic rings. The third kappa shape index (κ3) is 5.14. The summed E-state index contributed by atoms with van der Waals surface area (Å²) >= 11 is 0. The van der Waals surface area contributed by atoms with Gasteiger partial charge in [-0.2, -0.15) is 0 Å². The number of hydrogen-bond acceptors (Lipinski definition) is 2. The van der Waals surface area contributed by atoms with E-state index in [1.54, 1.807) is 0 Å². The molecule has 2 heteroatoms. The maximum Gasteiger partial charge on any atom is 0.0708 e. The maximum absolute atomic E-state index is 4.90. The molecule has 7 rings (SSSR count). The topological polar surface area (TPSA) is 25.8 Å². The van der Waals surface area contributed by atoms with E-state index in [1.807, 2.05) is 24.5 Å². The van der Waals surface area contributed by atoms with Crippen LogP contribution in [0.4, 0.5) is 0 Å². The molecular weight excluding hydrogens is 508 g/mol. The predicted molar refractivity (Wildman–Crippen MR) is 175 cm³/mol. The Labute approximate surface area is 246 Å². The van der Waals surface area contributed by atoms with Gasteiger partial charge in [-0.25, -0.2) is 0 Å². The first-order chi connectivity index (χ1) is 20.8. The van der Waals surface area contributed by atoms with E-state index in [4.69, 9.17) is 9.97 Å². The van der Waals surface area contributed by atoms with Gasteiger partial charge in [-0.3, -0.25) is 9.97 Å². The van der Waals surface area contributed by atoms with Gasteiger partial charge in [-0.15, -0.1) is 0 Å². The van der Waals surface area contributed by atoms with E-state index >= 15 is 0 Å². The van der Waals surface area contributed by atoms with Gasteiger partial charge in [0.15, 0.2) is 0 Å². The van der Waals surface area contributed by atoms with Crippen molar-refractivity contribution in [1.29, 1.82) is 0 Å². The SMILES string of the molecule is c1ccc(-c2cnc(-c3ccc(-c4cc(-c5ccccc5)c(-c5ccccc5)cn4)cc3)cc2-c2ccccc2)cc1. The van der Waals surface area contributed by atoms with Gasteiger partial charge in [0.2, 0.25) is 0 Å². The van der Waals surface area contributed by atoms with E-state index < -0.39 is 0 Å². The monoisotopic (exact) mass is 536 g/mol. The van der Waals surface area contributed by atoms with Crippen molar-refractivity contribution >= 4 is 0 Å². The van der Waals surface area contributed by atoms with Gasteiger partial charge in [0.1, 0.15) is 0 Å². The van der Waals surface area contributed by atoms with E-state index in [0.29, 0.717) is 0 Å². The number of aromatic nitrogens is 2. The molecular formula is C40H28N2. The zero-order valence-electron chi connectivity index (χ0n) is 23.1. The minimum absolute atomic E-state index is 0.942. The molecule has 0 atom stereocenters. The zero-order chi connectivity index (χ0) is 28.1. The maximum atomic E-state index is 4.90. The Kier molecular flexibility index (Phi) is 6.94. The van der Waals surface area contributed by atoms with Gasteiger partial charge in [0, 0.05) is 34.6 Å². The van der Waals surface area contributed by atoms with Crippen LogP contribution in [0.5, 0.6) is 0 Å². The first kappa shape index (κ1) is 25.4. The second-order valence-electron chi connectivity index (χ2n) is 10.3. The van der Waals surface area contributed by atoms with E-state index in [-0.39, 0.29) is 0 Å². The molecule has 2 nitrogen and oxygen atoms in total. The third-order valence-electron chi connectivity index (χ3n) is 7.62. The van der Waals surface area contributed by atoms with Crippen molar-refractivity contribution < 1.29 is 0 Å². The lowest BCUT2D eigenvalue weighted by Crippen LogP contribution is -1.92. The molecule has 5 aromatic carbocycles. The Morgan fingerprint density at radius 1 is 0.262 bits per heavy atom. The molecule has 0 spiro atoms. The lowest BCUT2D eigenvalue weighted by atomic mass is 9.93. The van der Waals surface area contributed by atoms with E-state index in [1.165, 1.54) is 22.3 Å². The van der Waals surface area contributed by atoms with Crippen molar-refractivity contribution in [3.8, 4) is 67.0 Å². The Morgan fingerprint density at radius 3 is 0.857 bits per heavy atom. The van der Waals surface area contributed by atoms with Crippen molar-refractivity contribution in [2.45, 2.75) is 0 Å². The van der Waals surface area contributed by atoms with Gasteiger partial charge in [-0.1, -0.05) is 146 Å². The first-order valence-electron chi connectivity index (χ1n) is 14.2. The highest BCUT2D eigenvalue weighted by atomic mass is 14.7. The number of nitrogens with zero attached hydrogens (tertiary/aromatic N) is 2. The molecule has 0 unspecified atom stereocenters. The molecule has 0 amide bonds. The van der Waals surface area contributed by atoms with Crippen molar-refractivity contribution in [1.82, 2.24) is 9.97 Å². The summed E-state index contributed by atoms with van der Waals surface area (Å²) < 4.78 is 0. The van der Waals surface area contributed by atoms with Crippen LogP contribution in [0.3, 0.4) is 0 Å². The molecule has 2 aromatic heterocycles. The van der Waals surface area contributed by atoms with Gasteiger partial charge in [-0.05, 0) is 45.5 Å². The van der Waals surface area contributed by atoms with E-state index in [0.717, 1.165) is 44.8 Å². The molecule has 0 radical (unpaired) electrons. The fraction of sp³-hybridized carbons (Fsp3) is 0. The van der Waals surface area contributed by atoms with E-state index in [9.17, 15) is 0 Å². The Hall–Kier alpha value is -5.60. The van der Waals surface area contributed by atoms with Crippen LogP contribution in [-0.4, -0.2) is 9.97 Å². The smallest absolute Gasteiger partial charge is 0.0708 e. The van der Waals surface area contributed by atoms with Gasteiger partial charge < -0.3 is 0 Å². The summed E-state index contributed by atoms with van der Waals surface area (Å²) in [6.45, 7) is 0. The highest BCUT2D eigenvalue weighted by molar-refractivity contribution is 5.87.